The van der Waals surface area contributed by atoms with E-state index in [9.17, 15) is 0 Å². The molecule has 1 heterocycles. The Morgan fingerprint density at radius 1 is 1.46 bits per heavy atom. The summed E-state index contributed by atoms with van der Waals surface area (Å²) in [6.07, 6.45) is 4.81. The summed E-state index contributed by atoms with van der Waals surface area (Å²) in [5, 5.41) is 3.43. The normalized spacial score (nSPS) is 12.0. The van der Waals surface area contributed by atoms with Crippen molar-refractivity contribution in [3.8, 4) is 0 Å². The van der Waals surface area contributed by atoms with E-state index in [1.54, 1.807) is 0 Å². The summed E-state index contributed by atoms with van der Waals surface area (Å²) < 4.78 is 2.06. The Kier molecular flexibility index (Phi) is 3.09. The number of aromatic nitrogens is 2. The van der Waals surface area contributed by atoms with Gasteiger partial charge in [-0.3, -0.25) is 0 Å². The van der Waals surface area contributed by atoms with Crippen LogP contribution in [0.3, 0.4) is 0 Å². The molecule has 1 N–H and O–H groups in total. The van der Waals surface area contributed by atoms with E-state index in [1.165, 1.54) is 0 Å². The van der Waals surface area contributed by atoms with Crippen LogP contribution in [-0.4, -0.2) is 21.6 Å². The minimum atomic E-state index is 0.200. The highest BCUT2D eigenvalue weighted by Crippen LogP contribution is 1.99. The molecule has 0 bridgehead atoms. The number of imidazole rings is 1. The van der Waals surface area contributed by atoms with Gasteiger partial charge in [0, 0.05) is 37.9 Å². The molecule has 0 spiro atoms. The van der Waals surface area contributed by atoms with Gasteiger partial charge in [0.05, 0.1) is 0 Å². The number of aryl methyl sites for hydroxylation is 1. The Balaban J connectivity index is 2.32. The predicted molar refractivity (Wildman–Crippen MR) is 54.7 cm³/mol. The van der Waals surface area contributed by atoms with Gasteiger partial charge in [-0.2, -0.15) is 0 Å². The van der Waals surface area contributed by atoms with Crippen LogP contribution in [0.4, 0.5) is 0 Å². The lowest BCUT2D eigenvalue weighted by molar-refractivity contribution is 0.426. The number of hydrogen-bond acceptors (Lipinski definition) is 2. The molecule has 0 fully saturated rings. The zero-order valence-corrected chi connectivity index (χ0v) is 8.96. The number of nitrogens with one attached hydrogen (secondary N) is 1. The Labute approximate surface area is 80.2 Å². The fourth-order valence-electron chi connectivity index (χ4n) is 1.19. The maximum absolute atomic E-state index is 4.26. The molecule has 0 aliphatic rings. The topological polar surface area (TPSA) is 29.9 Å². The van der Waals surface area contributed by atoms with Gasteiger partial charge in [0.2, 0.25) is 0 Å². The zero-order valence-electron chi connectivity index (χ0n) is 8.96. The zero-order chi connectivity index (χ0) is 9.90. The maximum Gasteiger partial charge on any atom is 0.109 e. The monoisotopic (exact) mass is 181 g/mol. The third kappa shape index (κ3) is 3.59. The number of nitrogens with zero attached hydrogens (tertiary/aromatic N) is 2. The van der Waals surface area contributed by atoms with Crippen molar-refractivity contribution < 1.29 is 0 Å². The van der Waals surface area contributed by atoms with Gasteiger partial charge < -0.3 is 9.88 Å². The van der Waals surface area contributed by atoms with Crippen LogP contribution >= 0.6 is 0 Å². The van der Waals surface area contributed by atoms with Crippen molar-refractivity contribution in [2.75, 3.05) is 6.54 Å². The second-order valence-corrected chi connectivity index (χ2v) is 4.38. The van der Waals surface area contributed by atoms with E-state index < -0.39 is 0 Å². The smallest absolute Gasteiger partial charge is 0.109 e. The molecule has 0 unspecified atom stereocenters. The molecule has 0 atom stereocenters. The average Bonchev–Trinajstić information content (AvgIpc) is 2.34. The van der Waals surface area contributed by atoms with Crippen molar-refractivity contribution in [2.45, 2.75) is 32.7 Å². The summed E-state index contributed by atoms with van der Waals surface area (Å²) in [5.41, 5.74) is 0.200. The fraction of sp³-hybridized carbons (Fsp3) is 0.700. The highest BCUT2D eigenvalue weighted by atomic mass is 15.0. The van der Waals surface area contributed by atoms with Gasteiger partial charge in [-0.05, 0) is 20.8 Å². The van der Waals surface area contributed by atoms with Crippen LogP contribution in [0.15, 0.2) is 12.4 Å². The molecule has 0 aromatic carbocycles. The first-order valence-corrected chi connectivity index (χ1v) is 4.70. The molecule has 1 aromatic rings. The first kappa shape index (κ1) is 10.3. The van der Waals surface area contributed by atoms with Crippen molar-refractivity contribution in [1.29, 1.82) is 0 Å². The van der Waals surface area contributed by atoms with Crippen molar-refractivity contribution in [1.82, 2.24) is 14.9 Å². The van der Waals surface area contributed by atoms with Gasteiger partial charge in [-0.1, -0.05) is 0 Å². The van der Waals surface area contributed by atoms with Gasteiger partial charge in [-0.15, -0.1) is 0 Å². The van der Waals surface area contributed by atoms with E-state index in [1.807, 2.05) is 19.4 Å². The lowest BCUT2D eigenvalue weighted by Gasteiger charge is -2.20. The Morgan fingerprint density at radius 2 is 2.15 bits per heavy atom. The van der Waals surface area contributed by atoms with Crippen LogP contribution in [0.5, 0.6) is 0 Å². The van der Waals surface area contributed by atoms with Crippen LogP contribution in [0.2, 0.25) is 0 Å². The molecule has 0 saturated carbocycles. The molecule has 0 amide bonds. The molecule has 3 heteroatoms. The lowest BCUT2D eigenvalue weighted by atomic mass is 10.1. The molecular formula is C10H19N3. The van der Waals surface area contributed by atoms with E-state index in [4.69, 9.17) is 0 Å². The van der Waals surface area contributed by atoms with Gasteiger partial charge in [0.1, 0.15) is 5.82 Å². The first-order valence-electron chi connectivity index (χ1n) is 4.70. The van der Waals surface area contributed by atoms with Crippen molar-refractivity contribution in [3.05, 3.63) is 18.2 Å². The second-order valence-electron chi connectivity index (χ2n) is 4.38. The van der Waals surface area contributed by atoms with Crippen molar-refractivity contribution in [2.24, 2.45) is 7.05 Å². The minimum Gasteiger partial charge on any atom is -0.338 e. The summed E-state index contributed by atoms with van der Waals surface area (Å²) in [5.74, 6) is 1.14. The minimum absolute atomic E-state index is 0.200. The maximum atomic E-state index is 4.26. The standard InChI is InChI=1S/C10H19N3/c1-10(2,3)12-6-5-9-11-7-8-13(9)4/h7-8,12H,5-6H2,1-4H3. The SMILES string of the molecule is Cn1ccnc1CCNC(C)(C)C. The van der Waals surface area contributed by atoms with E-state index in [0.29, 0.717) is 0 Å². The lowest BCUT2D eigenvalue weighted by Crippen LogP contribution is -2.37. The quantitative estimate of drug-likeness (QED) is 0.763. The van der Waals surface area contributed by atoms with Gasteiger partial charge >= 0.3 is 0 Å². The molecule has 0 aliphatic carbocycles. The number of hydrogen-bond donors (Lipinski definition) is 1. The highest BCUT2D eigenvalue weighted by Gasteiger charge is 2.08. The third-order valence-corrected chi connectivity index (χ3v) is 1.92. The van der Waals surface area contributed by atoms with E-state index >= 15 is 0 Å². The number of rotatable bonds is 3. The van der Waals surface area contributed by atoms with Crippen molar-refractivity contribution in [3.63, 3.8) is 0 Å². The van der Waals surface area contributed by atoms with E-state index in [0.717, 1.165) is 18.8 Å². The second kappa shape index (κ2) is 3.92. The Morgan fingerprint density at radius 3 is 2.62 bits per heavy atom. The van der Waals surface area contributed by atoms with Gasteiger partial charge in [-0.25, -0.2) is 4.98 Å². The van der Waals surface area contributed by atoms with E-state index in [2.05, 4.69) is 35.6 Å². The highest BCUT2D eigenvalue weighted by molar-refractivity contribution is 4.92. The summed E-state index contributed by atoms with van der Waals surface area (Å²) >= 11 is 0. The van der Waals surface area contributed by atoms with Crippen LogP contribution in [0.25, 0.3) is 0 Å². The summed E-state index contributed by atoms with van der Waals surface area (Å²) in [6, 6.07) is 0. The largest absolute Gasteiger partial charge is 0.338 e. The van der Waals surface area contributed by atoms with Crippen LogP contribution in [-0.2, 0) is 13.5 Å². The molecule has 74 valence electrons. The Hall–Kier alpha value is -0.830. The molecule has 0 saturated heterocycles. The van der Waals surface area contributed by atoms with Gasteiger partial charge in [0.15, 0.2) is 0 Å². The van der Waals surface area contributed by atoms with Crippen molar-refractivity contribution >= 4 is 0 Å². The summed E-state index contributed by atoms with van der Waals surface area (Å²) in [4.78, 5) is 4.26. The summed E-state index contributed by atoms with van der Waals surface area (Å²) in [7, 11) is 2.03. The predicted octanol–water partition coefficient (Wildman–Crippen LogP) is 1.35. The first-order chi connectivity index (χ1) is 5.99. The average molecular weight is 181 g/mol. The molecule has 1 rings (SSSR count). The molecule has 0 aliphatic heterocycles. The fourth-order valence-corrected chi connectivity index (χ4v) is 1.19. The molecular weight excluding hydrogens is 162 g/mol. The summed E-state index contributed by atoms with van der Waals surface area (Å²) in [6.45, 7) is 7.50. The Bertz CT molecular complexity index is 257. The van der Waals surface area contributed by atoms with Gasteiger partial charge in [0.25, 0.3) is 0 Å². The molecule has 3 nitrogen and oxygen atoms in total. The third-order valence-electron chi connectivity index (χ3n) is 1.92. The molecule has 1 aromatic heterocycles. The molecule has 0 radical (unpaired) electrons. The van der Waals surface area contributed by atoms with Crippen LogP contribution in [0, 0.1) is 0 Å². The van der Waals surface area contributed by atoms with Crippen LogP contribution < -0.4 is 5.32 Å². The van der Waals surface area contributed by atoms with E-state index in [-0.39, 0.29) is 5.54 Å². The van der Waals surface area contributed by atoms with Crippen LogP contribution in [0.1, 0.15) is 26.6 Å². The molecule has 13 heavy (non-hydrogen) atoms.